The number of ether oxygens (including phenoxy) is 1. The highest BCUT2D eigenvalue weighted by Crippen LogP contribution is 2.34. The van der Waals surface area contributed by atoms with Gasteiger partial charge in [0.2, 0.25) is 0 Å². The number of nitrogens with zero attached hydrogens (tertiary/aromatic N) is 3. The number of pyridine rings is 1. The quantitative estimate of drug-likeness (QED) is 0.716. The SMILES string of the molecule is Cn1cccc1C1CCCN1C(=O)Nc1ccc(OC(F)F)c2ncccc12. The first kappa shape index (κ1) is 18.2. The second-order valence-electron chi connectivity index (χ2n) is 6.71. The van der Waals surface area contributed by atoms with Crippen LogP contribution in [0.1, 0.15) is 24.6 Å². The molecule has 3 heterocycles. The van der Waals surface area contributed by atoms with Gasteiger partial charge in [-0.25, -0.2) is 4.79 Å². The molecule has 146 valence electrons. The van der Waals surface area contributed by atoms with Crippen molar-refractivity contribution in [2.45, 2.75) is 25.5 Å². The summed E-state index contributed by atoms with van der Waals surface area (Å²) >= 11 is 0. The first-order valence-corrected chi connectivity index (χ1v) is 9.06. The molecule has 0 saturated carbocycles. The zero-order chi connectivity index (χ0) is 19.7. The number of carbonyl (C=O) groups excluding carboxylic acids is 1. The van der Waals surface area contributed by atoms with E-state index in [0.29, 0.717) is 17.6 Å². The Morgan fingerprint density at radius 2 is 2.14 bits per heavy atom. The molecule has 1 aliphatic rings. The van der Waals surface area contributed by atoms with E-state index in [-0.39, 0.29) is 23.3 Å². The van der Waals surface area contributed by atoms with Crippen LogP contribution in [0.3, 0.4) is 0 Å². The van der Waals surface area contributed by atoms with Crippen LogP contribution in [0.5, 0.6) is 5.75 Å². The van der Waals surface area contributed by atoms with E-state index < -0.39 is 6.61 Å². The molecule has 0 bridgehead atoms. The van der Waals surface area contributed by atoms with Gasteiger partial charge in [0.15, 0.2) is 5.75 Å². The van der Waals surface area contributed by atoms with Crippen molar-refractivity contribution in [3.63, 3.8) is 0 Å². The maximum Gasteiger partial charge on any atom is 0.387 e. The van der Waals surface area contributed by atoms with E-state index in [0.717, 1.165) is 18.5 Å². The van der Waals surface area contributed by atoms with Crippen LogP contribution < -0.4 is 10.1 Å². The van der Waals surface area contributed by atoms with E-state index in [4.69, 9.17) is 0 Å². The molecule has 28 heavy (non-hydrogen) atoms. The summed E-state index contributed by atoms with van der Waals surface area (Å²) < 4.78 is 31.9. The van der Waals surface area contributed by atoms with Crippen molar-refractivity contribution < 1.29 is 18.3 Å². The minimum absolute atomic E-state index is 0.00540. The standard InChI is InChI=1S/C20H20F2N4O2/c1-25-11-3-6-15(25)16-7-4-12-26(16)20(27)24-14-8-9-17(28-19(21)22)18-13(14)5-2-10-23-18/h2-3,5-6,8-11,16,19H,4,7,12H2,1H3,(H,24,27). The maximum absolute atomic E-state index is 13.0. The lowest BCUT2D eigenvalue weighted by Crippen LogP contribution is -2.35. The molecule has 8 heteroatoms. The normalized spacial score (nSPS) is 16.7. The van der Waals surface area contributed by atoms with Gasteiger partial charge >= 0.3 is 12.6 Å². The summed E-state index contributed by atoms with van der Waals surface area (Å²) in [6.45, 7) is -2.29. The van der Waals surface area contributed by atoms with Crippen LogP contribution >= 0.6 is 0 Å². The second kappa shape index (κ2) is 7.46. The minimum atomic E-state index is -2.94. The highest BCUT2D eigenvalue weighted by molar-refractivity contribution is 6.02. The van der Waals surface area contributed by atoms with Gasteiger partial charge in [0.1, 0.15) is 5.52 Å². The van der Waals surface area contributed by atoms with Crippen LogP contribution in [0.25, 0.3) is 10.9 Å². The van der Waals surface area contributed by atoms with Crippen LogP contribution in [0.4, 0.5) is 19.3 Å². The number of benzene rings is 1. The van der Waals surface area contributed by atoms with E-state index in [9.17, 15) is 13.6 Å². The fourth-order valence-corrected chi connectivity index (χ4v) is 3.77. The summed E-state index contributed by atoms with van der Waals surface area (Å²) in [5, 5.41) is 3.46. The minimum Gasteiger partial charge on any atom is -0.432 e. The van der Waals surface area contributed by atoms with E-state index in [2.05, 4.69) is 15.0 Å². The number of nitrogens with one attached hydrogen (secondary N) is 1. The summed E-state index contributed by atoms with van der Waals surface area (Å²) in [6.07, 6.45) is 5.28. The Labute approximate surface area is 160 Å². The summed E-state index contributed by atoms with van der Waals surface area (Å²) in [6, 6.07) is 10.1. The van der Waals surface area contributed by atoms with Crippen molar-refractivity contribution in [2.24, 2.45) is 7.05 Å². The van der Waals surface area contributed by atoms with E-state index >= 15 is 0 Å². The molecule has 1 unspecified atom stereocenters. The predicted molar refractivity (Wildman–Crippen MR) is 101 cm³/mol. The molecule has 1 N–H and O–H groups in total. The third kappa shape index (κ3) is 3.37. The largest absolute Gasteiger partial charge is 0.432 e. The van der Waals surface area contributed by atoms with Crippen LogP contribution in [-0.4, -0.2) is 33.6 Å². The number of rotatable bonds is 4. The number of amides is 2. The van der Waals surface area contributed by atoms with Gasteiger partial charge < -0.3 is 19.5 Å². The van der Waals surface area contributed by atoms with Gasteiger partial charge in [0.05, 0.1) is 11.7 Å². The van der Waals surface area contributed by atoms with Crippen molar-refractivity contribution in [1.29, 1.82) is 0 Å². The number of likely N-dealkylation sites (tertiary alicyclic amines) is 1. The third-order valence-electron chi connectivity index (χ3n) is 5.03. The number of aryl methyl sites for hydroxylation is 1. The first-order chi connectivity index (χ1) is 13.5. The van der Waals surface area contributed by atoms with Gasteiger partial charge in [-0.05, 0) is 49.2 Å². The van der Waals surface area contributed by atoms with Crippen LogP contribution in [0.15, 0.2) is 48.8 Å². The van der Waals surface area contributed by atoms with Gasteiger partial charge in [-0.2, -0.15) is 8.78 Å². The first-order valence-electron chi connectivity index (χ1n) is 9.06. The predicted octanol–water partition coefficient (Wildman–Crippen LogP) is 4.54. The number of anilines is 1. The number of carbonyl (C=O) groups is 1. The number of halogens is 2. The van der Waals surface area contributed by atoms with Crippen LogP contribution in [0.2, 0.25) is 0 Å². The molecule has 1 saturated heterocycles. The number of fused-ring (bicyclic) bond motifs is 1. The lowest BCUT2D eigenvalue weighted by Gasteiger charge is -2.26. The van der Waals surface area contributed by atoms with E-state index in [1.54, 1.807) is 23.1 Å². The van der Waals surface area contributed by atoms with Crippen molar-refractivity contribution >= 4 is 22.6 Å². The van der Waals surface area contributed by atoms with Gasteiger partial charge in [0.25, 0.3) is 0 Å². The molecule has 0 spiro atoms. The molecule has 2 amide bonds. The van der Waals surface area contributed by atoms with Gasteiger partial charge in [-0.15, -0.1) is 0 Å². The summed E-state index contributed by atoms with van der Waals surface area (Å²) in [7, 11) is 1.96. The second-order valence-corrected chi connectivity index (χ2v) is 6.71. The summed E-state index contributed by atoms with van der Waals surface area (Å²) in [4.78, 5) is 18.9. The highest BCUT2D eigenvalue weighted by Gasteiger charge is 2.31. The Bertz CT molecular complexity index is 1000. The number of alkyl halides is 2. The van der Waals surface area contributed by atoms with Gasteiger partial charge in [0, 0.05) is 37.1 Å². The van der Waals surface area contributed by atoms with Crippen molar-refractivity contribution in [2.75, 3.05) is 11.9 Å². The number of hydrogen-bond donors (Lipinski definition) is 1. The molecule has 3 aromatic rings. The molecule has 4 rings (SSSR count). The highest BCUT2D eigenvalue weighted by atomic mass is 19.3. The van der Waals surface area contributed by atoms with Gasteiger partial charge in [-0.1, -0.05) is 0 Å². The smallest absolute Gasteiger partial charge is 0.387 e. The molecular weight excluding hydrogens is 366 g/mol. The van der Waals surface area contributed by atoms with Crippen LogP contribution in [-0.2, 0) is 7.05 Å². The Morgan fingerprint density at radius 3 is 2.89 bits per heavy atom. The van der Waals surface area contributed by atoms with Gasteiger partial charge in [-0.3, -0.25) is 4.98 Å². The molecular formula is C20H20F2N4O2. The fraction of sp³-hybridized carbons (Fsp3) is 0.300. The zero-order valence-corrected chi connectivity index (χ0v) is 15.3. The van der Waals surface area contributed by atoms with Crippen LogP contribution in [0, 0.1) is 0 Å². The van der Waals surface area contributed by atoms with E-state index in [1.165, 1.54) is 12.3 Å². The Balaban J connectivity index is 1.61. The molecule has 6 nitrogen and oxygen atoms in total. The summed E-state index contributed by atoms with van der Waals surface area (Å²) in [5.41, 5.74) is 1.87. The van der Waals surface area contributed by atoms with E-state index in [1.807, 2.05) is 29.9 Å². The number of hydrogen-bond acceptors (Lipinski definition) is 3. The molecule has 0 radical (unpaired) electrons. The maximum atomic E-state index is 13.0. The molecule has 0 aliphatic carbocycles. The number of aromatic nitrogens is 2. The Hall–Kier alpha value is -3.16. The molecule has 1 aromatic carbocycles. The average Bonchev–Trinajstić information content (AvgIpc) is 3.31. The van der Waals surface area contributed by atoms with Crippen molar-refractivity contribution in [3.05, 3.63) is 54.5 Å². The monoisotopic (exact) mass is 386 g/mol. The lowest BCUT2D eigenvalue weighted by atomic mass is 10.1. The molecule has 2 aromatic heterocycles. The lowest BCUT2D eigenvalue weighted by molar-refractivity contribution is -0.0489. The fourth-order valence-electron chi connectivity index (χ4n) is 3.77. The summed E-state index contributed by atoms with van der Waals surface area (Å²) in [5.74, 6) is -0.0218. The van der Waals surface area contributed by atoms with Crippen molar-refractivity contribution in [1.82, 2.24) is 14.5 Å². The Morgan fingerprint density at radius 1 is 1.29 bits per heavy atom. The molecule has 1 fully saturated rings. The van der Waals surface area contributed by atoms with Crippen molar-refractivity contribution in [3.8, 4) is 5.75 Å². The zero-order valence-electron chi connectivity index (χ0n) is 15.3. The third-order valence-corrected chi connectivity index (χ3v) is 5.03. The number of urea groups is 1. The Kier molecular flexibility index (Phi) is 4.85. The molecule has 1 atom stereocenters. The topological polar surface area (TPSA) is 59.4 Å². The average molecular weight is 386 g/mol. The molecule has 1 aliphatic heterocycles.